The molecule has 3 rings (SSSR count). The Morgan fingerprint density at radius 3 is 2.40 bits per heavy atom. The molecule has 0 bridgehead atoms. The van der Waals surface area contributed by atoms with Gasteiger partial charge >= 0.3 is 0 Å². The van der Waals surface area contributed by atoms with Crippen LogP contribution in [0.3, 0.4) is 0 Å². The third-order valence-electron chi connectivity index (χ3n) is 5.74. The molecule has 0 spiro atoms. The standard InChI is InChI=1S/C17H32N2O/c1-2-15-5-9-19(10-6-15)14-17(7-11-20-12-8-17)13-18-16-3-4-16/h15-16,18H,2-14H2,1H3. The molecule has 0 amide bonds. The van der Waals surface area contributed by atoms with Gasteiger partial charge < -0.3 is 15.0 Å². The monoisotopic (exact) mass is 280 g/mol. The van der Waals surface area contributed by atoms with Crippen LogP contribution < -0.4 is 5.32 Å². The summed E-state index contributed by atoms with van der Waals surface area (Å²) in [6.45, 7) is 9.45. The quantitative estimate of drug-likeness (QED) is 0.809. The number of nitrogens with zero attached hydrogens (tertiary/aromatic N) is 1. The van der Waals surface area contributed by atoms with Crippen molar-refractivity contribution in [2.75, 3.05) is 39.4 Å². The van der Waals surface area contributed by atoms with Crippen molar-refractivity contribution >= 4 is 0 Å². The Bertz CT molecular complexity index is 289. The van der Waals surface area contributed by atoms with E-state index >= 15 is 0 Å². The summed E-state index contributed by atoms with van der Waals surface area (Å²) in [4.78, 5) is 2.74. The van der Waals surface area contributed by atoms with Gasteiger partial charge in [-0.3, -0.25) is 0 Å². The average Bonchev–Trinajstić information content (AvgIpc) is 3.31. The number of hydrogen-bond donors (Lipinski definition) is 1. The molecule has 3 aliphatic rings. The third kappa shape index (κ3) is 3.96. The summed E-state index contributed by atoms with van der Waals surface area (Å²) in [7, 11) is 0. The molecule has 1 N–H and O–H groups in total. The maximum absolute atomic E-state index is 5.62. The van der Waals surface area contributed by atoms with Gasteiger partial charge in [0.25, 0.3) is 0 Å². The molecule has 0 aromatic heterocycles. The van der Waals surface area contributed by atoms with Crippen LogP contribution in [0.4, 0.5) is 0 Å². The van der Waals surface area contributed by atoms with E-state index in [0.29, 0.717) is 5.41 Å². The maximum atomic E-state index is 5.62. The predicted molar refractivity (Wildman–Crippen MR) is 83.0 cm³/mol. The number of piperidine rings is 1. The van der Waals surface area contributed by atoms with Crippen LogP contribution in [-0.4, -0.2) is 50.3 Å². The van der Waals surface area contributed by atoms with Crippen LogP contribution in [0.2, 0.25) is 0 Å². The van der Waals surface area contributed by atoms with E-state index in [4.69, 9.17) is 4.74 Å². The van der Waals surface area contributed by atoms with Crippen molar-refractivity contribution in [3.8, 4) is 0 Å². The lowest BCUT2D eigenvalue weighted by Gasteiger charge is -2.43. The Morgan fingerprint density at radius 1 is 1.10 bits per heavy atom. The lowest BCUT2D eigenvalue weighted by molar-refractivity contribution is -0.00988. The van der Waals surface area contributed by atoms with Gasteiger partial charge in [0.15, 0.2) is 0 Å². The van der Waals surface area contributed by atoms with Gasteiger partial charge in [-0.05, 0) is 62.9 Å². The van der Waals surface area contributed by atoms with Crippen LogP contribution in [0, 0.1) is 11.3 Å². The molecule has 1 saturated carbocycles. The fraction of sp³-hybridized carbons (Fsp3) is 1.00. The van der Waals surface area contributed by atoms with E-state index in [2.05, 4.69) is 17.1 Å². The Kier molecular flexibility index (Phi) is 5.00. The van der Waals surface area contributed by atoms with E-state index < -0.39 is 0 Å². The van der Waals surface area contributed by atoms with Gasteiger partial charge in [-0.25, -0.2) is 0 Å². The molecule has 0 radical (unpaired) electrons. The van der Waals surface area contributed by atoms with E-state index in [0.717, 1.165) is 25.2 Å². The van der Waals surface area contributed by atoms with Gasteiger partial charge in [-0.2, -0.15) is 0 Å². The summed E-state index contributed by atoms with van der Waals surface area (Å²) in [5.41, 5.74) is 0.486. The molecule has 3 heteroatoms. The first kappa shape index (κ1) is 14.8. The normalized spacial score (nSPS) is 28.6. The second-order valence-corrected chi connectivity index (χ2v) is 7.40. The topological polar surface area (TPSA) is 24.5 Å². The molecule has 0 atom stereocenters. The van der Waals surface area contributed by atoms with Crippen molar-refractivity contribution < 1.29 is 4.74 Å². The van der Waals surface area contributed by atoms with Crippen LogP contribution in [0.25, 0.3) is 0 Å². The minimum absolute atomic E-state index is 0.486. The highest BCUT2D eigenvalue weighted by atomic mass is 16.5. The van der Waals surface area contributed by atoms with Crippen LogP contribution in [0.15, 0.2) is 0 Å². The molecule has 2 saturated heterocycles. The highest BCUT2D eigenvalue weighted by molar-refractivity contribution is 4.91. The summed E-state index contributed by atoms with van der Waals surface area (Å²) in [6, 6.07) is 0.834. The SMILES string of the molecule is CCC1CCN(CC2(CNC3CC3)CCOCC2)CC1. The van der Waals surface area contributed by atoms with Crippen LogP contribution in [0.5, 0.6) is 0 Å². The fourth-order valence-corrected chi connectivity index (χ4v) is 3.87. The molecule has 0 aromatic carbocycles. The zero-order valence-electron chi connectivity index (χ0n) is 13.2. The fourth-order valence-electron chi connectivity index (χ4n) is 3.87. The van der Waals surface area contributed by atoms with E-state index in [1.54, 1.807) is 0 Å². The molecule has 2 aliphatic heterocycles. The Labute approximate surface area is 124 Å². The van der Waals surface area contributed by atoms with Crippen molar-refractivity contribution in [1.82, 2.24) is 10.2 Å². The number of nitrogens with one attached hydrogen (secondary N) is 1. The summed E-state index contributed by atoms with van der Waals surface area (Å²) in [5, 5.41) is 3.79. The smallest absolute Gasteiger partial charge is 0.0472 e. The van der Waals surface area contributed by atoms with Crippen molar-refractivity contribution in [3.63, 3.8) is 0 Å². The Balaban J connectivity index is 1.52. The maximum Gasteiger partial charge on any atom is 0.0472 e. The number of ether oxygens (including phenoxy) is 1. The van der Waals surface area contributed by atoms with Crippen LogP contribution in [0.1, 0.15) is 51.9 Å². The first-order valence-corrected chi connectivity index (χ1v) is 8.83. The minimum atomic E-state index is 0.486. The van der Waals surface area contributed by atoms with E-state index in [-0.39, 0.29) is 0 Å². The Hall–Kier alpha value is -0.120. The molecule has 0 unspecified atom stereocenters. The van der Waals surface area contributed by atoms with Gasteiger partial charge in [0.1, 0.15) is 0 Å². The van der Waals surface area contributed by atoms with Crippen molar-refractivity contribution in [2.24, 2.45) is 11.3 Å². The van der Waals surface area contributed by atoms with Gasteiger partial charge in [0.2, 0.25) is 0 Å². The number of rotatable bonds is 6. The van der Waals surface area contributed by atoms with E-state index in [1.807, 2.05) is 0 Å². The average molecular weight is 280 g/mol. The summed E-state index contributed by atoms with van der Waals surface area (Å²) in [6.07, 6.45) is 9.50. The molecule has 1 aliphatic carbocycles. The molecule has 2 heterocycles. The third-order valence-corrected chi connectivity index (χ3v) is 5.74. The predicted octanol–water partition coefficient (Wildman–Crippen LogP) is 2.66. The number of hydrogen-bond acceptors (Lipinski definition) is 3. The molecule has 3 nitrogen and oxygen atoms in total. The van der Waals surface area contributed by atoms with Gasteiger partial charge in [-0.1, -0.05) is 13.3 Å². The van der Waals surface area contributed by atoms with Gasteiger partial charge in [0.05, 0.1) is 0 Å². The zero-order chi connectivity index (χ0) is 13.8. The highest BCUT2D eigenvalue weighted by Crippen LogP contribution is 2.34. The lowest BCUT2D eigenvalue weighted by Crippen LogP contribution is -2.49. The molecule has 0 aromatic rings. The second kappa shape index (κ2) is 6.76. The summed E-state index contributed by atoms with van der Waals surface area (Å²) in [5.74, 6) is 0.987. The molecule has 20 heavy (non-hydrogen) atoms. The van der Waals surface area contributed by atoms with Crippen LogP contribution in [-0.2, 0) is 4.74 Å². The summed E-state index contributed by atoms with van der Waals surface area (Å²) >= 11 is 0. The van der Waals surface area contributed by atoms with E-state index in [9.17, 15) is 0 Å². The van der Waals surface area contributed by atoms with Crippen molar-refractivity contribution in [3.05, 3.63) is 0 Å². The van der Waals surface area contributed by atoms with E-state index in [1.165, 1.54) is 71.1 Å². The highest BCUT2D eigenvalue weighted by Gasteiger charge is 2.36. The first-order chi connectivity index (χ1) is 9.80. The number of likely N-dealkylation sites (tertiary alicyclic amines) is 1. The second-order valence-electron chi connectivity index (χ2n) is 7.40. The Morgan fingerprint density at radius 2 is 1.80 bits per heavy atom. The summed E-state index contributed by atoms with van der Waals surface area (Å²) < 4.78 is 5.62. The molecule has 3 fully saturated rings. The lowest BCUT2D eigenvalue weighted by atomic mass is 9.78. The van der Waals surface area contributed by atoms with Crippen LogP contribution >= 0.6 is 0 Å². The van der Waals surface area contributed by atoms with Crippen molar-refractivity contribution in [2.45, 2.75) is 57.9 Å². The van der Waals surface area contributed by atoms with Gasteiger partial charge in [-0.15, -0.1) is 0 Å². The minimum Gasteiger partial charge on any atom is -0.381 e. The van der Waals surface area contributed by atoms with Gasteiger partial charge in [0, 0.05) is 32.3 Å². The van der Waals surface area contributed by atoms with Crippen molar-refractivity contribution in [1.29, 1.82) is 0 Å². The molecular formula is C17H32N2O. The first-order valence-electron chi connectivity index (χ1n) is 8.83. The zero-order valence-corrected chi connectivity index (χ0v) is 13.2. The largest absolute Gasteiger partial charge is 0.381 e. The molecule has 116 valence electrons. The molecular weight excluding hydrogens is 248 g/mol.